The van der Waals surface area contributed by atoms with Crippen molar-refractivity contribution in [3.63, 3.8) is 0 Å². The zero-order chi connectivity index (χ0) is 5.98. The molecule has 2 nitrogen and oxygen atoms in total. The third kappa shape index (κ3) is 1.01. The normalized spacial score (nSPS) is 17.4. The van der Waals surface area contributed by atoms with Crippen LogP contribution < -0.4 is 0 Å². The smallest absolute Gasteiger partial charge is 0.316 e. The molecule has 0 radical (unpaired) electrons. The maximum absolute atomic E-state index is 10.3. The fraction of sp³-hybridized carbons (Fsp3) is 0.400. The van der Waals surface area contributed by atoms with Gasteiger partial charge in [0.05, 0.1) is 0 Å². The van der Waals surface area contributed by atoms with E-state index in [2.05, 4.69) is 0 Å². The van der Waals surface area contributed by atoms with E-state index in [1.54, 1.807) is 4.90 Å². The quantitative estimate of drug-likeness (QED) is 0.275. The minimum absolute atomic E-state index is 0.366. The Morgan fingerprint density at radius 2 is 2.00 bits per heavy atom. The fourth-order valence-electron chi connectivity index (χ4n) is 0.622. The summed E-state index contributed by atoms with van der Waals surface area (Å²) in [5.74, 6) is 0. The van der Waals surface area contributed by atoms with Crippen LogP contribution in [-0.2, 0) is 0 Å². The predicted molar refractivity (Wildman–Crippen MR) is 32.0 cm³/mol. The summed E-state index contributed by atoms with van der Waals surface area (Å²) in [6, 6.07) is 0. The monoisotopic (exact) mass is 131 g/mol. The van der Waals surface area contributed by atoms with Crippen molar-refractivity contribution in [2.45, 2.75) is 0 Å². The van der Waals surface area contributed by atoms with E-state index in [1.165, 1.54) is 0 Å². The number of amides is 1. The molecule has 44 valence electrons. The second-order valence-corrected chi connectivity index (χ2v) is 1.95. The summed E-state index contributed by atoms with van der Waals surface area (Å²) >= 11 is 5.13. The minimum atomic E-state index is -0.366. The van der Waals surface area contributed by atoms with Gasteiger partial charge in [0.1, 0.15) is 0 Å². The highest BCUT2D eigenvalue weighted by molar-refractivity contribution is 6.62. The molecule has 8 heavy (non-hydrogen) atoms. The standard InChI is InChI=1S/C5H6ClNO/c6-5(8)7-3-1-2-4-7/h1-2H,3-4H2. The molecule has 1 rings (SSSR count). The summed E-state index contributed by atoms with van der Waals surface area (Å²) in [6.07, 6.45) is 3.83. The molecular weight excluding hydrogens is 126 g/mol. The molecule has 0 unspecified atom stereocenters. The van der Waals surface area contributed by atoms with Crippen LogP contribution in [0.4, 0.5) is 4.79 Å². The van der Waals surface area contributed by atoms with Gasteiger partial charge in [0.15, 0.2) is 0 Å². The number of carbonyl (C=O) groups is 1. The van der Waals surface area contributed by atoms with E-state index in [0.29, 0.717) is 13.1 Å². The number of rotatable bonds is 0. The number of hydrogen-bond donors (Lipinski definition) is 0. The van der Waals surface area contributed by atoms with Crippen molar-refractivity contribution in [2.75, 3.05) is 13.1 Å². The highest BCUT2D eigenvalue weighted by Gasteiger charge is 2.09. The van der Waals surface area contributed by atoms with E-state index in [0.717, 1.165) is 0 Å². The van der Waals surface area contributed by atoms with Gasteiger partial charge in [0.25, 0.3) is 0 Å². The lowest BCUT2D eigenvalue weighted by atomic mass is 10.6. The van der Waals surface area contributed by atoms with Crippen molar-refractivity contribution in [3.8, 4) is 0 Å². The van der Waals surface area contributed by atoms with Crippen LogP contribution in [0.2, 0.25) is 0 Å². The van der Waals surface area contributed by atoms with Gasteiger partial charge in [-0.15, -0.1) is 0 Å². The Hall–Kier alpha value is -0.500. The largest absolute Gasteiger partial charge is 0.322 e. The Bertz CT molecular complexity index is 124. The van der Waals surface area contributed by atoms with E-state index in [-0.39, 0.29) is 5.37 Å². The van der Waals surface area contributed by atoms with Crippen molar-refractivity contribution >= 4 is 17.0 Å². The molecule has 0 spiro atoms. The first-order valence-corrected chi connectivity index (χ1v) is 2.78. The average molecular weight is 132 g/mol. The molecule has 0 fully saturated rings. The van der Waals surface area contributed by atoms with Gasteiger partial charge in [-0.3, -0.25) is 4.79 Å². The molecule has 0 saturated heterocycles. The van der Waals surface area contributed by atoms with E-state index >= 15 is 0 Å². The molecule has 1 heterocycles. The molecule has 1 aliphatic rings. The molecule has 1 aliphatic heterocycles. The Balaban J connectivity index is 2.41. The Morgan fingerprint density at radius 1 is 1.50 bits per heavy atom. The van der Waals surface area contributed by atoms with Crippen molar-refractivity contribution in [2.24, 2.45) is 0 Å². The first-order valence-electron chi connectivity index (χ1n) is 2.40. The molecule has 0 atom stereocenters. The van der Waals surface area contributed by atoms with Gasteiger partial charge in [-0.05, 0) is 11.6 Å². The third-order valence-corrected chi connectivity index (χ3v) is 1.31. The van der Waals surface area contributed by atoms with Crippen LogP contribution in [0.1, 0.15) is 0 Å². The van der Waals surface area contributed by atoms with Crippen LogP contribution in [0.25, 0.3) is 0 Å². The van der Waals surface area contributed by atoms with Gasteiger partial charge in [0, 0.05) is 13.1 Å². The van der Waals surface area contributed by atoms with Crippen LogP contribution in [0.15, 0.2) is 12.2 Å². The average Bonchev–Trinajstić information content (AvgIpc) is 2.12. The zero-order valence-corrected chi connectivity index (χ0v) is 5.06. The summed E-state index contributed by atoms with van der Waals surface area (Å²) < 4.78 is 0. The highest BCUT2D eigenvalue weighted by Crippen LogP contribution is 2.01. The van der Waals surface area contributed by atoms with Crippen LogP contribution in [0.3, 0.4) is 0 Å². The number of carbonyl (C=O) groups excluding carboxylic acids is 1. The van der Waals surface area contributed by atoms with E-state index < -0.39 is 0 Å². The van der Waals surface area contributed by atoms with Gasteiger partial charge in [-0.2, -0.15) is 0 Å². The molecule has 0 aromatic heterocycles. The van der Waals surface area contributed by atoms with Crippen molar-refractivity contribution < 1.29 is 4.79 Å². The third-order valence-electron chi connectivity index (χ3n) is 1.07. The number of hydrogen-bond acceptors (Lipinski definition) is 1. The number of nitrogens with zero attached hydrogens (tertiary/aromatic N) is 1. The molecule has 0 bridgehead atoms. The minimum Gasteiger partial charge on any atom is -0.322 e. The predicted octanol–water partition coefficient (Wildman–Crippen LogP) is 1.22. The van der Waals surface area contributed by atoms with Crippen molar-refractivity contribution in [1.29, 1.82) is 0 Å². The fourth-order valence-corrected chi connectivity index (χ4v) is 0.760. The lowest BCUT2D eigenvalue weighted by Crippen LogP contribution is -2.21. The molecule has 0 saturated carbocycles. The second-order valence-electron chi connectivity index (χ2n) is 1.63. The molecule has 0 aromatic rings. The van der Waals surface area contributed by atoms with E-state index in [4.69, 9.17) is 11.6 Å². The SMILES string of the molecule is O=C(Cl)N1CC=CC1. The first kappa shape index (κ1) is 5.63. The van der Waals surface area contributed by atoms with Gasteiger partial charge >= 0.3 is 5.37 Å². The maximum atomic E-state index is 10.3. The van der Waals surface area contributed by atoms with Gasteiger partial charge in [-0.25, -0.2) is 0 Å². The van der Waals surface area contributed by atoms with Crippen molar-refractivity contribution in [3.05, 3.63) is 12.2 Å². The molecular formula is C5H6ClNO. The van der Waals surface area contributed by atoms with Gasteiger partial charge in [-0.1, -0.05) is 12.2 Å². The highest BCUT2D eigenvalue weighted by atomic mass is 35.5. The summed E-state index contributed by atoms with van der Waals surface area (Å²) in [5.41, 5.74) is 0. The Labute approximate surface area is 52.7 Å². The van der Waals surface area contributed by atoms with Crippen LogP contribution in [0, 0.1) is 0 Å². The Kier molecular flexibility index (Phi) is 1.53. The van der Waals surface area contributed by atoms with Crippen LogP contribution >= 0.6 is 11.6 Å². The second kappa shape index (κ2) is 2.18. The molecule has 3 heteroatoms. The topological polar surface area (TPSA) is 20.3 Å². The number of halogens is 1. The molecule has 1 amide bonds. The lowest BCUT2D eigenvalue weighted by molar-refractivity contribution is 0.234. The summed E-state index contributed by atoms with van der Waals surface area (Å²) in [4.78, 5) is 11.8. The molecule has 0 aromatic carbocycles. The summed E-state index contributed by atoms with van der Waals surface area (Å²) in [7, 11) is 0. The summed E-state index contributed by atoms with van der Waals surface area (Å²) in [6.45, 7) is 1.34. The van der Waals surface area contributed by atoms with Crippen molar-refractivity contribution in [1.82, 2.24) is 4.90 Å². The maximum Gasteiger partial charge on any atom is 0.316 e. The Morgan fingerprint density at radius 3 is 2.25 bits per heavy atom. The first-order chi connectivity index (χ1) is 3.80. The van der Waals surface area contributed by atoms with E-state index in [1.807, 2.05) is 12.2 Å². The molecule has 0 N–H and O–H groups in total. The van der Waals surface area contributed by atoms with Gasteiger partial charge in [0.2, 0.25) is 0 Å². The van der Waals surface area contributed by atoms with Crippen LogP contribution in [0.5, 0.6) is 0 Å². The molecule has 0 aliphatic carbocycles. The zero-order valence-electron chi connectivity index (χ0n) is 4.30. The van der Waals surface area contributed by atoms with Crippen LogP contribution in [-0.4, -0.2) is 23.4 Å². The summed E-state index contributed by atoms with van der Waals surface area (Å²) in [5, 5.41) is -0.366. The van der Waals surface area contributed by atoms with E-state index in [9.17, 15) is 4.79 Å². The van der Waals surface area contributed by atoms with Gasteiger partial charge < -0.3 is 4.90 Å². The lowest BCUT2D eigenvalue weighted by Gasteiger charge is -2.08.